The zero-order valence-corrected chi connectivity index (χ0v) is 13.4. The van der Waals surface area contributed by atoms with Crippen molar-refractivity contribution in [1.82, 2.24) is 5.32 Å². The lowest BCUT2D eigenvalue weighted by Crippen LogP contribution is -2.26. The summed E-state index contributed by atoms with van der Waals surface area (Å²) in [5.74, 6) is 0.0152. The minimum atomic E-state index is 0.0152. The molecule has 114 valence electrons. The molecule has 2 aromatic rings. The van der Waals surface area contributed by atoms with Gasteiger partial charge in [0.1, 0.15) is 0 Å². The number of fused-ring (bicyclic) bond motifs is 1. The highest BCUT2D eigenvalue weighted by molar-refractivity contribution is 5.94. The summed E-state index contributed by atoms with van der Waals surface area (Å²) in [6.45, 7) is 4.10. The number of aryl methyl sites for hydroxylation is 3. The van der Waals surface area contributed by atoms with Crippen LogP contribution in [-0.2, 0) is 12.8 Å². The summed E-state index contributed by atoms with van der Waals surface area (Å²) >= 11 is 0. The van der Waals surface area contributed by atoms with Crippen molar-refractivity contribution in [3.63, 3.8) is 0 Å². The number of amides is 1. The third-order valence-corrected chi connectivity index (χ3v) is 4.54. The molecule has 0 spiro atoms. The Bertz CT molecular complexity index is 673. The van der Waals surface area contributed by atoms with Crippen molar-refractivity contribution in [1.29, 1.82) is 0 Å². The fourth-order valence-electron chi connectivity index (χ4n) is 3.09. The molecule has 1 aliphatic rings. The third-order valence-electron chi connectivity index (χ3n) is 4.54. The summed E-state index contributed by atoms with van der Waals surface area (Å²) < 4.78 is 0. The Kier molecular flexibility index (Phi) is 4.28. The van der Waals surface area contributed by atoms with E-state index < -0.39 is 0 Å². The first kappa shape index (κ1) is 14.8. The van der Waals surface area contributed by atoms with Gasteiger partial charge in [0, 0.05) is 5.56 Å². The third kappa shape index (κ3) is 3.22. The molecular weight excluding hydrogens is 270 g/mol. The van der Waals surface area contributed by atoms with E-state index in [4.69, 9.17) is 0 Å². The van der Waals surface area contributed by atoms with Gasteiger partial charge in [-0.25, -0.2) is 0 Å². The summed E-state index contributed by atoms with van der Waals surface area (Å²) in [6, 6.07) is 14.5. The summed E-state index contributed by atoms with van der Waals surface area (Å²) in [5.41, 5.74) is 5.91. The first-order chi connectivity index (χ1) is 10.6. The SMILES string of the molecule is Cc1ccc([C@H](C)NC(=O)c2ccc3c(c2)CCCC3)cc1. The molecule has 0 unspecified atom stereocenters. The Labute approximate surface area is 132 Å². The standard InChI is InChI=1S/C20H23NO/c1-14-7-9-16(10-8-14)15(2)21-20(22)19-12-11-17-5-3-4-6-18(17)13-19/h7-13,15H,3-6H2,1-2H3,(H,21,22)/t15-/m0/s1. The van der Waals surface area contributed by atoms with Crippen molar-refractivity contribution in [2.45, 2.75) is 45.6 Å². The van der Waals surface area contributed by atoms with E-state index in [1.165, 1.54) is 29.5 Å². The van der Waals surface area contributed by atoms with Crippen LogP contribution in [-0.4, -0.2) is 5.91 Å². The van der Waals surface area contributed by atoms with E-state index in [2.05, 4.69) is 48.6 Å². The van der Waals surface area contributed by atoms with Gasteiger partial charge in [0.15, 0.2) is 0 Å². The molecule has 1 aliphatic carbocycles. The predicted octanol–water partition coefficient (Wildman–Crippen LogP) is 4.36. The molecular formula is C20H23NO. The monoisotopic (exact) mass is 293 g/mol. The number of carbonyl (C=O) groups is 1. The van der Waals surface area contributed by atoms with Gasteiger partial charge in [-0.2, -0.15) is 0 Å². The first-order valence-electron chi connectivity index (χ1n) is 8.13. The molecule has 0 saturated carbocycles. The van der Waals surface area contributed by atoms with Gasteiger partial charge >= 0.3 is 0 Å². The molecule has 2 nitrogen and oxygen atoms in total. The topological polar surface area (TPSA) is 29.1 Å². The smallest absolute Gasteiger partial charge is 0.251 e. The fourth-order valence-corrected chi connectivity index (χ4v) is 3.09. The maximum Gasteiger partial charge on any atom is 0.251 e. The van der Waals surface area contributed by atoms with Crippen molar-refractivity contribution >= 4 is 5.91 Å². The molecule has 0 fully saturated rings. The zero-order valence-electron chi connectivity index (χ0n) is 13.4. The summed E-state index contributed by atoms with van der Waals surface area (Å²) in [4.78, 5) is 12.5. The van der Waals surface area contributed by atoms with E-state index in [9.17, 15) is 4.79 Å². The second-order valence-corrected chi connectivity index (χ2v) is 6.30. The van der Waals surface area contributed by atoms with Crippen LogP contribution in [0, 0.1) is 6.92 Å². The van der Waals surface area contributed by atoms with E-state index in [1.807, 2.05) is 13.0 Å². The molecule has 0 radical (unpaired) electrons. The minimum absolute atomic E-state index is 0.0152. The van der Waals surface area contributed by atoms with Crippen LogP contribution in [0.2, 0.25) is 0 Å². The number of hydrogen-bond acceptors (Lipinski definition) is 1. The van der Waals surface area contributed by atoms with Gasteiger partial charge in [-0.05, 0) is 68.4 Å². The maximum atomic E-state index is 12.5. The highest BCUT2D eigenvalue weighted by atomic mass is 16.1. The van der Waals surface area contributed by atoms with Crippen LogP contribution in [0.4, 0.5) is 0 Å². The second-order valence-electron chi connectivity index (χ2n) is 6.30. The van der Waals surface area contributed by atoms with E-state index >= 15 is 0 Å². The van der Waals surface area contributed by atoms with Crippen LogP contribution in [0.3, 0.4) is 0 Å². The van der Waals surface area contributed by atoms with Crippen LogP contribution in [0.15, 0.2) is 42.5 Å². The van der Waals surface area contributed by atoms with Crippen LogP contribution in [0.1, 0.15) is 58.4 Å². The van der Waals surface area contributed by atoms with Crippen LogP contribution < -0.4 is 5.32 Å². The Morgan fingerprint density at radius 1 is 1.00 bits per heavy atom. The molecule has 2 heteroatoms. The fraction of sp³-hybridized carbons (Fsp3) is 0.350. The summed E-state index contributed by atoms with van der Waals surface area (Å²) in [7, 11) is 0. The van der Waals surface area contributed by atoms with Gasteiger partial charge in [-0.3, -0.25) is 4.79 Å². The Balaban J connectivity index is 1.72. The largest absolute Gasteiger partial charge is 0.346 e. The Morgan fingerprint density at radius 2 is 1.68 bits per heavy atom. The molecule has 0 bridgehead atoms. The van der Waals surface area contributed by atoms with Gasteiger partial charge in [0.2, 0.25) is 0 Å². The first-order valence-corrected chi connectivity index (χ1v) is 8.13. The molecule has 1 N–H and O–H groups in total. The average molecular weight is 293 g/mol. The van der Waals surface area contributed by atoms with E-state index in [-0.39, 0.29) is 11.9 Å². The van der Waals surface area contributed by atoms with Crippen LogP contribution in [0.5, 0.6) is 0 Å². The predicted molar refractivity (Wildman–Crippen MR) is 90.1 cm³/mol. The summed E-state index contributed by atoms with van der Waals surface area (Å²) in [5, 5.41) is 3.10. The van der Waals surface area contributed by atoms with Gasteiger partial charge in [0.05, 0.1) is 6.04 Å². The van der Waals surface area contributed by atoms with Gasteiger partial charge in [-0.15, -0.1) is 0 Å². The van der Waals surface area contributed by atoms with Crippen molar-refractivity contribution < 1.29 is 4.79 Å². The molecule has 1 atom stereocenters. The molecule has 1 amide bonds. The normalized spacial score (nSPS) is 15.0. The maximum absolute atomic E-state index is 12.5. The van der Waals surface area contributed by atoms with E-state index in [1.54, 1.807) is 0 Å². The Hall–Kier alpha value is -2.09. The highest BCUT2D eigenvalue weighted by Gasteiger charge is 2.15. The minimum Gasteiger partial charge on any atom is -0.346 e. The molecule has 2 aromatic carbocycles. The highest BCUT2D eigenvalue weighted by Crippen LogP contribution is 2.22. The van der Waals surface area contributed by atoms with Gasteiger partial charge < -0.3 is 5.32 Å². The molecule has 22 heavy (non-hydrogen) atoms. The number of benzene rings is 2. The van der Waals surface area contributed by atoms with Crippen molar-refractivity contribution in [3.05, 3.63) is 70.3 Å². The molecule has 3 rings (SSSR count). The van der Waals surface area contributed by atoms with Gasteiger partial charge in [0.25, 0.3) is 5.91 Å². The molecule has 0 heterocycles. The quantitative estimate of drug-likeness (QED) is 0.894. The van der Waals surface area contributed by atoms with Crippen molar-refractivity contribution in [3.8, 4) is 0 Å². The zero-order chi connectivity index (χ0) is 15.5. The van der Waals surface area contributed by atoms with E-state index in [0.29, 0.717) is 0 Å². The Morgan fingerprint density at radius 3 is 2.41 bits per heavy atom. The van der Waals surface area contributed by atoms with Crippen LogP contribution >= 0.6 is 0 Å². The second kappa shape index (κ2) is 6.35. The lowest BCUT2D eigenvalue weighted by molar-refractivity contribution is 0.0939. The molecule has 0 saturated heterocycles. The van der Waals surface area contributed by atoms with Crippen molar-refractivity contribution in [2.24, 2.45) is 0 Å². The number of hydrogen-bond donors (Lipinski definition) is 1. The number of nitrogens with one attached hydrogen (secondary N) is 1. The number of carbonyl (C=O) groups excluding carboxylic acids is 1. The van der Waals surface area contributed by atoms with Crippen molar-refractivity contribution in [2.75, 3.05) is 0 Å². The van der Waals surface area contributed by atoms with Crippen LogP contribution in [0.25, 0.3) is 0 Å². The molecule has 0 aliphatic heterocycles. The van der Waals surface area contributed by atoms with Gasteiger partial charge in [-0.1, -0.05) is 35.9 Å². The number of rotatable bonds is 3. The summed E-state index contributed by atoms with van der Waals surface area (Å²) in [6.07, 6.45) is 4.75. The molecule has 0 aromatic heterocycles. The average Bonchev–Trinajstić information content (AvgIpc) is 2.55. The lowest BCUT2D eigenvalue weighted by atomic mass is 9.90. The lowest BCUT2D eigenvalue weighted by Gasteiger charge is -2.18. The van der Waals surface area contributed by atoms with E-state index in [0.717, 1.165) is 24.0 Å².